The Labute approximate surface area is 328 Å². The molecular formula is C35H50N6O16. The van der Waals surface area contributed by atoms with Crippen LogP contribution in [0.2, 0.25) is 0 Å². The Hall–Kier alpha value is -5.26. The van der Waals surface area contributed by atoms with E-state index in [-0.39, 0.29) is 68.3 Å². The summed E-state index contributed by atoms with van der Waals surface area (Å²) in [5.41, 5.74) is 5.90. The lowest BCUT2D eigenvalue weighted by molar-refractivity contribution is -0.271. The molecule has 57 heavy (non-hydrogen) atoms. The molecule has 2 aliphatic rings. The van der Waals surface area contributed by atoms with Gasteiger partial charge in [0, 0.05) is 51.9 Å². The number of nitrogens with one attached hydrogen (secondary N) is 4. The number of anilines is 1. The van der Waals surface area contributed by atoms with Crippen LogP contribution in [0.15, 0.2) is 18.2 Å². The Morgan fingerprint density at radius 2 is 1.77 bits per heavy atom. The summed E-state index contributed by atoms with van der Waals surface area (Å²) < 4.78 is 27.3. The van der Waals surface area contributed by atoms with Crippen LogP contribution in [0, 0.1) is 5.92 Å². The Morgan fingerprint density at radius 1 is 1.04 bits per heavy atom. The molecule has 2 heterocycles. The van der Waals surface area contributed by atoms with E-state index in [0.29, 0.717) is 12.8 Å². The first-order valence-electron chi connectivity index (χ1n) is 18.5. The quantitative estimate of drug-likeness (QED) is 0.0313. The number of imide groups is 1. The molecule has 0 bridgehead atoms. The SMILES string of the molecule is [2H]C(=O)OCc1ccc(O[C@@H]2O[C@H](C(=O)O)[C@@H](O)[C@H](O)[C@H]2O)c(NC(=O)CCNC(=O)[C@H](CCCCNC(=O)CCOC)NC(=O)[C@H](CN)N2C(=O)CC(C)C2=O)c1. The van der Waals surface area contributed by atoms with Gasteiger partial charge in [0.05, 0.1) is 12.3 Å². The summed E-state index contributed by atoms with van der Waals surface area (Å²) in [6.07, 6.45) is -10.7. The zero-order valence-electron chi connectivity index (χ0n) is 32.3. The predicted molar refractivity (Wildman–Crippen MR) is 192 cm³/mol. The van der Waals surface area contributed by atoms with Gasteiger partial charge in [0.25, 0.3) is 6.45 Å². The van der Waals surface area contributed by atoms with Crippen LogP contribution in [0.3, 0.4) is 0 Å². The Bertz CT molecular complexity index is 1670. The molecule has 2 aliphatic heterocycles. The third-order valence-electron chi connectivity index (χ3n) is 8.98. The van der Waals surface area contributed by atoms with Gasteiger partial charge in [-0.3, -0.25) is 38.5 Å². The van der Waals surface area contributed by atoms with Gasteiger partial charge in [0.15, 0.2) is 7.47 Å². The third-order valence-corrected chi connectivity index (χ3v) is 8.98. The van der Waals surface area contributed by atoms with Crippen molar-refractivity contribution >= 4 is 53.5 Å². The van der Waals surface area contributed by atoms with Crippen molar-refractivity contribution in [3.05, 3.63) is 23.8 Å². The molecule has 0 saturated carbocycles. The second-order valence-electron chi connectivity index (χ2n) is 13.3. The largest absolute Gasteiger partial charge is 0.479 e. The minimum atomic E-state index is -2.00. The highest BCUT2D eigenvalue weighted by molar-refractivity contribution is 6.07. The van der Waals surface area contributed by atoms with Crippen molar-refractivity contribution in [2.75, 3.05) is 38.7 Å². The summed E-state index contributed by atoms with van der Waals surface area (Å²) in [5, 5.41) is 50.3. The number of hydrogen-bond donors (Lipinski definition) is 9. The second kappa shape index (κ2) is 22.5. The number of ether oxygens (including phenoxy) is 4. The zero-order chi connectivity index (χ0) is 43.1. The standard InChI is InChI=1S/C35H50N6O16/c1-18-13-26(45)41(33(18)51)22(15-36)32(50)40-20(5-3-4-10-37-24(43)9-12-54-2)31(49)38-11-8-25(44)39-21-14-19(16-55-17-42)6-7-23(21)56-35-29(48)27(46)28(47)30(57-35)34(52)53/h6-7,14,17-18,20,22,27-30,35,46-48H,3-5,8-13,15-16,36H2,1-2H3,(H,37,43)(H,38,49)(H,39,44)(H,40,50)(H,52,53)/t18?,20-,22-,27-,28-,29+,30-,35+/m0/s1/i17D. The van der Waals surface area contributed by atoms with Gasteiger partial charge in [-0.15, -0.1) is 0 Å². The average Bonchev–Trinajstić information content (AvgIpc) is 3.42. The summed E-state index contributed by atoms with van der Waals surface area (Å²) in [6.45, 7) is 0.916. The number of likely N-dealkylation sites (tertiary alicyclic amines) is 1. The summed E-state index contributed by atoms with van der Waals surface area (Å²) >= 11 is 0. The van der Waals surface area contributed by atoms with Crippen molar-refractivity contribution in [1.29, 1.82) is 0 Å². The molecule has 3 rings (SSSR count). The van der Waals surface area contributed by atoms with Gasteiger partial charge in [-0.25, -0.2) is 4.79 Å². The number of carboxylic acids is 1. The fourth-order valence-electron chi connectivity index (χ4n) is 5.88. The molecule has 316 valence electrons. The molecule has 6 amide bonds. The maximum absolute atomic E-state index is 13.4. The van der Waals surface area contributed by atoms with Crippen LogP contribution in [0.4, 0.5) is 5.69 Å². The number of carbonyl (C=O) groups excluding carboxylic acids is 7. The van der Waals surface area contributed by atoms with Gasteiger partial charge in [-0.1, -0.05) is 13.0 Å². The van der Waals surface area contributed by atoms with E-state index >= 15 is 0 Å². The van der Waals surface area contributed by atoms with E-state index in [1.807, 2.05) is 0 Å². The number of carbonyl (C=O) groups is 8. The lowest BCUT2D eigenvalue weighted by atomic mass is 9.99. The zero-order valence-corrected chi connectivity index (χ0v) is 31.3. The van der Waals surface area contributed by atoms with Crippen molar-refractivity contribution in [3.63, 3.8) is 0 Å². The van der Waals surface area contributed by atoms with Gasteiger partial charge in [-0.05, 0) is 37.0 Å². The van der Waals surface area contributed by atoms with Crippen molar-refractivity contribution < 1.29 is 79.1 Å². The molecule has 0 radical (unpaired) electrons. The highest BCUT2D eigenvalue weighted by atomic mass is 16.7. The van der Waals surface area contributed by atoms with Crippen molar-refractivity contribution in [3.8, 4) is 5.75 Å². The van der Waals surface area contributed by atoms with Crippen molar-refractivity contribution in [2.45, 2.75) is 94.8 Å². The molecule has 1 aromatic carbocycles. The summed E-state index contributed by atoms with van der Waals surface area (Å²) in [7, 11) is 1.46. The number of nitrogens with two attached hydrogens (primary N) is 1. The van der Waals surface area contributed by atoms with Gasteiger partial charge in [-0.2, -0.15) is 0 Å². The Balaban J connectivity index is 1.70. The van der Waals surface area contributed by atoms with E-state index in [0.717, 1.165) is 4.90 Å². The molecule has 8 atom stereocenters. The number of aliphatic hydroxyl groups is 3. The number of rotatable bonds is 22. The Kier molecular flexibility index (Phi) is 17.5. The molecule has 1 aromatic rings. The molecule has 1 unspecified atom stereocenters. The van der Waals surface area contributed by atoms with Crippen LogP contribution in [0.25, 0.3) is 0 Å². The van der Waals surface area contributed by atoms with Gasteiger partial charge in [0.1, 0.15) is 42.8 Å². The van der Waals surface area contributed by atoms with Gasteiger partial charge >= 0.3 is 5.97 Å². The smallest absolute Gasteiger partial charge is 0.335 e. The van der Waals surface area contributed by atoms with E-state index < -0.39 is 104 Å². The number of aliphatic carboxylic acids is 1. The lowest BCUT2D eigenvalue weighted by Crippen LogP contribution is -2.61. The maximum atomic E-state index is 13.4. The monoisotopic (exact) mass is 811 g/mol. The molecular weight excluding hydrogens is 760 g/mol. The maximum Gasteiger partial charge on any atom is 0.335 e. The highest BCUT2D eigenvalue weighted by Gasteiger charge is 2.48. The molecule has 22 nitrogen and oxygen atoms in total. The summed E-state index contributed by atoms with van der Waals surface area (Å²) in [5.74, 6) is -6.26. The fraction of sp³-hybridized carbons (Fsp3) is 0.600. The number of nitrogens with zero attached hydrogens (tertiary/aromatic N) is 1. The first-order valence-corrected chi connectivity index (χ1v) is 18.0. The number of methoxy groups -OCH3 is 1. The summed E-state index contributed by atoms with van der Waals surface area (Å²) in [6, 6.07) is 1.23. The van der Waals surface area contributed by atoms with E-state index in [2.05, 4.69) is 26.0 Å². The first-order chi connectivity index (χ1) is 27.5. The van der Waals surface area contributed by atoms with Crippen LogP contribution >= 0.6 is 0 Å². The van der Waals surface area contributed by atoms with Crippen LogP contribution in [-0.2, 0) is 59.2 Å². The van der Waals surface area contributed by atoms with E-state index in [1.54, 1.807) is 0 Å². The normalized spacial score (nSPS) is 23.1. The molecule has 10 N–H and O–H groups in total. The lowest BCUT2D eigenvalue weighted by Gasteiger charge is -2.38. The second-order valence-corrected chi connectivity index (χ2v) is 13.3. The first kappa shape index (κ1) is 44.5. The number of unbranched alkanes of at least 4 members (excludes halogenated alkanes) is 1. The van der Waals surface area contributed by atoms with Crippen LogP contribution in [0.1, 0.15) is 52.4 Å². The topological polar surface area (TPSA) is 332 Å². The average molecular weight is 812 g/mol. The molecule has 22 heteroatoms. The van der Waals surface area contributed by atoms with E-state index in [1.165, 1.54) is 32.2 Å². The number of hydrogen-bond acceptors (Lipinski definition) is 16. The van der Waals surface area contributed by atoms with Crippen LogP contribution < -0.4 is 31.7 Å². The molecule has 0 spiro atoms. The minimum Gasteiger partial charge on any atom is -0.479 e. The molecule has 0 aromatic heterocycles. The molecule has 2 fully saturated rings. The minimum absolute atomic E-state index is 0.0488. The summed E-state index contributed by atoms with van der Waals surface area (Å²) in [4.78, 5) is 100. The van der Waals surface area contributed by atoms with Crippen molar-refractivity contribution in [1.82, 2.24) is 20.9 Å². The number of carboxylic acid groups (broad SMARTS) is 1. The number of benzene rings is 1. The third kappa shape index (κ3) is 13.2. The molecule has 0 aliphatic carbocycles. The van der Waals surface area contributed by atoms with Crippen LogP contribution in [-0.4, -0.2) is 149 Å². The van der Waals surface area contributed by atoms with Gasteiger partial charge < -0.3 is 66.4 Å². The number of amides is 6. The van der Waals surface area contributed by atoms with Gasteiger partial charge in [0.2, 0.25) is 41.7 Å². The predicted octanol–water partition coefficient (Wildman–Crippen LogP) is -3.39. The number of aliphatic hydroxyl groups excluding tert-OH is 3. The Morgan fingerprint density at radius 3 is 2.40 bits per heavy atom. The van der Waals surface area contributed by atoms with E-state index in [9.17, 15) is 58.8 Å². The fourth-order valence-corrected chi connectivity index (χ4v) is 5.88. The highest BCUT2D eigenvalue weighted by Crippen LogP contribution is 2.31. The van der Waals surface area contributed by atoms with Crippen molar-refractivity contribution in [2.24, 2.45) is 11.7 Å². The molecule has 2 saturated heterocycles. The van der Waals surface area contributed by atoms with E-state index in [4.69, 9.17) is 21.3 Å². The van der Waals surface area contributed by atoms with Crippen LogP contribution in [0.5, 0.6) is 5.75 Å².